The van der Waals surface area contributed by atoms with E-state index in [0.717, 1.165) is 23.3 Å². The van der Waals surface area contributed by atoms with Gasteiger partial charge in [-0.1, -0.05) is 66.7 Å². The van der Waals surface area contributed by atoms with E-state index in [1.807, 2.05) is 60.7 Å². The molecule has 0 aliphatic heterocycles. The molecule has 0 saturated heterocycles. The number of benzene rings is 3. The van der Waals surface area contributed by atoms with E-state index in [9.17, 15) is 27.6 Å². The molecule has 0 heterocycles. The monoisotopic (exact) mass is 654 g/mol. The van der Waals surface area contributed by atoms with Gasteiger partial charge in [-0.25, -0.2) is 4.79 Å². The Hall–Kier alpha value is -4.38. The van der Waals surface area contributed by atoms with Gasteiger partial charge in [-0.2, -0.15) is 13.2 Å². The summed E-state index contributed by atoms with van der Waals surface area (Å²) >= 11 is 0. The molecule has 3 aromatic rings. The predicted molar refractivity (Wildman–Crippen MR) is 177 cm³/mol. The maximum Gasteiger partial charge on any atom is 0.416 e. The van der Waals surface area contributed by atoms with Crippen LogP contribution in [0.25, 0.3) is 0 Å². The number of unbranched alkanes of at least 4 members (excludes halogenated alkanes) is 1. The van der Waals surface area contributed by atoms with E-state index in [1.165, 1.54) is 12.1 Å². The lowest BCUT2D eigenvalue weighted by molar-refractivity contribution is -0.137. The number of hydrogen-bond acceptors (Lipinski definition) is 5. The first-order chi connectivity index (χ1) is 22.3. The zero-order chi connectivity index (χ0) is 34.3. The maximum absolute atomic E-state index is 13.2. The van der Waals surface area contributed by atoms with Gasteiger partial charge in [0, 0.05) is 31.7 Å². The molecule has 47 heavy (non-hydrogen) atoms. The van der Waals surface area contributed by atoms with Crippen LogP contribution < -0.4 is 16.0 Å². The molecule has 1 atom stereocenters. The molecule has 0 aliphatic rings. The van der Waals surface area contributed by atoms with Crippen LogP contribution in [0.2, 0.25) is 0 Å². The number of hydrogen-bond donors (Lipinski definition) is 3. The van der Waals surface area contributed by atoms with Crippen molar-refractivity contribution in [2.75, 3.05) is 25.0 Å². The van der Waals surface area contributed by atoms with Crippen molar-refractivity contribution < 1.29 is 32.3 Å². The Balaban J connectivity index is 1.55. The zero-order valence-electron chi connectivity index (χ0n) is 27.2. The van der Waals surface area contributed by atoms with E-state index in [0.29, 0.717) is 45.4 Å². The van der Waals surface area contributed by atoms with Crippen LogP contribution in [0.15, 0.2) is 84.9 Å². The summed E-state index contributed by atoms with van der Waals surface area (Å²) in [6.45, 7) is 7.73. The summed E-state index contributed by atoms with van der Waals surface area (Å²) in [5, 5.41) is 8.13. The van der Waals surface area contributed by atoms with Crippen molar-refractivity contribution in [2.24, 2.45) is 0 Å². The van der Waals surface area contributed by atoms with Crippen molar-refractivity contribution in [1.29, 1.82) is 0 Å². The van der Waals surface area contributed by atoms with Gasteiger partial charge in [-0.15, -0.1) is 0 Å². The van der Waals surface area contributed by atoms with E-state index in [-0.39, 0.29) is 24.4 Å². The molecule has 0 unspecified atom stereocenters. The molecule has 0 aromatic heterocycles. The van der Waals surface area contributed by atoms with Gasteiger partial charge < -0.3 is 20.7 Å². The lowest BCUT2D eigenvalue weighted by Gasteiger charge is -2.24. The number of ether oxygens (including phenoxy) is 1. The summed E-state index contributed by atoms with van der Waals surface area (Å²) in [6.07, 6.45) is -2.84. The molecular formula is C36H45F3N4O4. The third-order valence-corrected chi connectivity index (χ3v) is 7.15. The molecule has 0 saturated carbocycles. The minimum atomic E-state index is -4.55. The second kappa shape index (κ2) is 18.1. The van der Waals surface area contributed by atoms with Crippen molar-refractivity contribution in [3.8, 4) is 0 Å². The SMILES string of the molecule is CC(C)(C)OC(=O)NCCN(CCCCC(=O)N[C@H](CCc1ccccc1)C(=O)Nc1cccc(C(F)(F)F)c1)Cc1ccccc1. The number of amides is 3. The van der Waals surface area contributed by atoms with Gasteiger partial charge in [0.15, 0.2) is 0 Å². The van der Waals surface area contributed by atoms with E-state index in [1.54, 1.807) is 20.8 Å². The summed E-state index contributed by atoms with van der Waals surface area (Å²) in [6, 6.07) is 22.9. The number of anilines is 1. The third-order valence-electron chi connectivity index (χ3n) is 7.15. The van der Waals surface area contributed by atoms with Crippen molar-refractivity contribution in [2.45, 2.75) is 77.2 Å². The summed E-state index contributed by atoms with van der Waals surface area (Å²) in [5.41, 5.74) is 0.632. The van der Waals surface area contributed by atoms with Crippen LogP contribution in [0.4, 0.5) is 23.7 Å². The van der Waals surface area contributed by atoms with Crippen molar-refractivity contribution >= 4 is 23.6 Å². The smallest absolute Gasteiger partial charge is 0.416 e. The second-order valence-corrected chi connectivity index (χ2v) is 12.4. The zero-order valence-corrected chi connectivity index (χ0v) is 27.2. The standard InChI is InChI=1S/C36H45F3N4O4/c1-35(2,3)47-34(46)40-22-24-43(26-28-15-8-5-9-16-28)23-11-10-19-32(44)42-31(21-20-27-13-6-4-7-14-27)33(45)41-30-18-12-17-29(25-30)36(37,38)39/h4-9,12-18,25,31H,10-11,19-24,26H2,1-3H3,(H,40,46)(H,41,45)(H,42,44)/t31-/m1/s1. The van der Waals surface area contributed by atoms with Gasteiger partial charge in [0.05, 0.1) is 5.56 Å². The molecule has 3 rings (SSSR count). The Labute approximate surface area is 275 Å². The molecule has 3 N–H and O–H groups in total. The quantitative estimate of drug-likeness (QED) is 0.145. The largest absolute Gasteiger partial charge is 0.444 e. The first kappa shape index (κ1) is 37.1. The number of nitrogens with zero attached hydrogens (tertiary/aromatic N) is 1. The highest BCUT2D eigenvalue weighted by atomic mass is 19.4. The number of halogens is 3. The highest BCUT2D eigenvalue weighted by molar-refractivity contribution is 5.97. The normalized spacial score (nSPS) is 12.3. The summed E-state index contributed by atoms with van der Waals surface area (Å²) < 4.78 is 44.9. The lowest BCUT2D eigenvalue weighted by Crippen LogP contribution is -2.44. The fourth-order valence-corrected chi connectivity index (χ4v) is 4.86. The number of carbonyl (C=O) groups is 3. The number of alkyl carbamates (subject to hydrolysis) is 1. The Morgan fingerprint density at radius 3 is 2.13 bits per heavy atom. The molecule has 254 valence electrons. The van der Waals surface area contributed by atoms with E-state index in [4.69, 9.17) is 4.74 Å². The van der Waals surface area contributed by atoms with Gasteiger partial charge in [0.1, 0.15) is 11.6 Å². The molecule has 0 bridgehead atoms. The summed E-state index contributed by atoms with van der Waals surface area (Å²) in [5.74, 6) is -0.899. The summed E-state index contributed by atoms with van der Waals surface area (Å²) in [4.78, 5) is 40.5. The number of alkyl halides is 3. The van der Waals surface area contributed by atoms with Gasteiger partial charge in [-0.05, 0) is 82.3 Å². The van der Waals surface area contributed by atoms with Crippen LogP contribution >= 0.6 is 0 Å². The van der Waals surface area contributed by atoms with Gasteiger partial charge in [0.2, 0.25) is 11.8 Å². The molecule has 0 aliphatic carbocycles. The number of nitrogens with one attached hydrogen (secondary N) is 3. The first-order valence-corrected chi connectivity index (χ1v) is 15.8. The van der Waals surface area contributed by atoms with Gasteiger partial charge in [0.25, 0.3) is 0 Å². The van der Waals surface area contributed by atoms with Crippen molar-refractivity contribution in [3.63, 3.8) is 0 Å². The van der Waals surface area contributed by atoms with Gasteiger partial charge in [-0.3, -0.25) is 14.5 Å². The Morgan fingerprint density at radius 1 is 0.830 bits per heavy atom. The van der Waals surface area contributed by atoms with Crippen molar-refractivity contribution in [3.05, 3.63) is 102 Å². The van der Waals surface area contributed by atoms with E-state index in [2.05, 4.69) is 20.9 Å². The molecule has 0 fully saturated rings. The minimum absolute atomic E-state index is 0.00320. The molecule has 3 amide bonds. The Kier molecular flexibility index (Phi) is 14.3. The van der Waals surface area contributed by atoms with Crippen LogP contribution in [0, 0.1) is 0 Å². The van der Waals surface area contributed by atoms with E-state index >= 15 is 0 Å². The molecule has 0 radical (unpaired) electrons. The fourth-order valence-electron chi connectivity index (χ4n) is 4.86. The molecule has 0 spiro atoms. The van der Waals surface area contributed by atoms with E-state index < -0.39 is 35.4 Å². The number of rotatable bonds is 16. The number of carbonyl (C=O) groups excluding carboxylic acids is 3. The summed E-state index contributed by atoms with van der Waals surface area (Å²) in [7, 11) is 0. The Bertz CT molecular complexity index is 1410. The fraction of sp³-hybridized carbons (Fsp3) is 0.417. The minimum Gasteiger partial charge on any atom is -0.444 e. The highest BCUT2D eigenvalue weighted by Gasteiger charge is 2.31. The third kappa shape index (κ3) is 14.7. The molecular weight excluding hydrogens is 609 g/mol. The van der Waals surface area contributed by atoms with Crippen molar-refractivity contribution in [1.82, 2.24) is 15.5 Å². The van der Waals surface area contributed by atoms with Crippen LogP contribution in [0.5, 0.6) is 0 Å². The predicted octanol–water partition coefficient (Wildman–Crippen LogP) is 6.96. The first-order valence-electron chi connectivity index (χ1n) is 15.8. The van der Waals surface area contributed by atoms with Crippen LogP contribution in [0.3, 0.4) is 0 Å². The molecule has 3 aromatic carbocycles. The van der Waals surface area contributed by atoms with Crippen LogP contribution in [-0.2, 0) is 33.5 Å². The van der Waals surface area contributed by atoms with Gasteiger partial charge >= 0.3 is 12.3 Å². The topological polar surface area (TPSA) is 99.8 Å². The lowest BCUT2D eigenvalue weighted by atomic mass is 10.0. The molecule has 8 nitrogen and oxygen atoms in total. The maximum atomic E-state index is 13.2. The average molecular weight is 655 g/mol. The molecule has 11 heteroatoms. The van der Waals surface area contributed by atoms with Crippen LogP contribution in [0.1, 0.15) is 63.1 Å². The Morgan fingerprint density at radius 2 is 1.49 bits per heavy atom. The second-order valence-electron chi connectivity index (χ2n) is 12.4. The number of aryl methyl sites for hydroxylation is 1. The van der Waals surface area contributed by atoms with Crippen LogP contribution in [-0.4, -0.2) is 54.1 Å². The average Bonchev–Trinajstić information content (AvgIpc) is 3.01. The highest BCUT2D eigenvalue weighted by Crippen LogP contribution is 2.30.